The van der Waals surface area contributed by atoms with Gasteiger partial charge in [0.05, 0.1) is 6.61 Å². The molecule has 2 heterocycles. The molecule has 78 valence electrons. The molecule has 2 rings (SSSR count). The van der Waals surface area contributed by atoms with Crippen LogP contribution in [0.5, 0.6) is 5.88 Å². The number of hydrogen-bond acceptors (Lipinski definition) is 4. The number of aromatic nitrogens is 4. The standard InChI is InChI=1S/C10H12N4O/c1-3-15-9-7-8(2)12-10(13-9)14-6-4-5-11-14/h4-7H,3H2,1-2H3. The Hall–Kier alpha value is -1.91. The molecule has 0 spiro atoms. The van der Waals surface area contributed by atoms with Gasteiger partial charge in [-0.2, -0.15) is 10.1 Å². The van der Waals surface area contributed by atoms with Gasteiger partial charge in [-0.1, -0.05) is 0 Å². The minimum atomic E-state index is 0.531. The van der Waals surface area contributed by atoms with Crippen LogP contribution in [0.25, 0.3) is 5.95 Å². The smallest absolute Gasteiger partial charge is 0.254 e. The van der Waals surface area contributed by atoms with Crippen LogP contribution in [0, 0.1) is 6.92 Å². The summed E-state index contributed by atoms with van der Waals surface area (Å²) in [5.74, 6) is 1.11. The van der Waals surface area contributed by atoms with E-state index in [0.29, 0.717) is 18.4 Å². The van der Waals surface area contributed by atoms with Gasteiger partial charge in [-0.25, -0.2) is 9.67 Å². The second-order valence-corrected chi connectivity index (χ2v) is 3.03. The maximum absolute atomic E-state index is 5.33. The van der Waals surface area contributed by atoms with Crippen molar-refractivity contribution < 1.29 is 4.74 Å². The van der Waals surface area contributed by atoms with E-state index < -0.39 is 0 Å². The van der Waals surface area contributed by atoms with E-state index in [0.717, 1.165) is 5.69 Å². The summed E-state index contributed by atoms with van der Waals surface area (Å²) in [4.78, 5) is 8.50. The predicted molar refractivity (Wildman–Crippen MR) is 55.1 cm³/mol. The van der Waals surface area contributed by atoms with Crippen molar-refractivity contribution in [2.24, 2.45) is 0 Å². The molecule has 0 aliphatic heterocycles. The van der Waals surface area contributed by atoms with Crippen molar-refractivity contribution in [1.82, 2.24) is 19.7 Å². The molecule has 15 heavy (non-hydrogen) atoms. The number of hydrogen-bond donors (Lipinski definition) is 0. The van der Waals surface area contributed by atoms with E-state index in [9.17, 15) is 0 Å². The molecule has 0 radical (unpaired) electrons. The van der Waals surface area contributed by atoms with E-state index in [1.54, 1.807) is 23.1 Å². The van der Waals surface area contributed by atoms with Crippen LogP contribution in [-0.2, 0) is 0 Å². The van der Waals surface area contributed by atoms with Gasteiger partial charge in [0.1, 0.15) is 0 Å². The Balaban J connectivity index is 2.40. The summed E-state index contributed by atoms with van der Waals surface area (Å²) >= 11 is 0. The minimum absolute atomic E-state index is 0.531. The molecule has 5 heteroatoms. The SMILES string of the molecule is CCOc1cc(C)nc(-n2cccn2)n1. The van der Waals surface area contributed by atoms with Crippen LogP contribution in [0.2, 0.25) is 0 Å². The first kappa shape index (κ1) is 9.64. The molecule has 0 N–H and O–H groups in total. The van der Waals surface area contributed by atoms with Crippen molar-refractivity contribution in [3.05, 3.63) is 30.2 Å². The lowest BCUT2D eigenvalue weighted by Crippen LogP contribution is -2.05. The van der Waals surface area contributed by atoms with Crippen LogP contribution in [0.15, 0.2) is 24.5 Å². The average Bonchev–Trinajstić information content (AvgIpc) is 2.70. The Kier molecular flexibility index (Phi) is 2.62. The predicted octanol–water partition coefficient (Wildman–Crippen LogP) is 1.37. The molecule has 0 unspecified atom stereocenters. The van der Waals surface area contributed by atoms with E-state index in [2.05, 4.69) is 15.1 Å². The zero-order valence-corrected chi connectivity index (χ0v) is 8.71. The van der Waals surface area contributed by atoms with Crippen molar-refractivity contribution in [2.75, 3.05) is 6.61 Å². The Bertz CT molecular complexity index is 439. The highest BCUT2D eigenvalue weighted by atomic mass is 16.5. The first-order chi connectivity index (χ1) is 7.29. The summed E-state index contributed by atoms with van der Waals surface area (Å²) in [7, 11) is 0. The van der Waals surface area contributed by atoms with Gasteiger partial charge in [0.15, 0.2) is 0 Å². The van der Waals surface area contributed by atoms with Crippen LogP contribution in [0.1, 0.15) is 12.6 Å². The zero-order chi connectivity index (χ0) is 10.7. The second-order valence-electron chi connectivity index (χ2n) is 3.03. The monoisotopic (exact) mass is 204 g/mol. The van der Waals surface area contributed by atoms with Gasteiger partial charge in [0, 0.05) is 24.2 Å². The maximum Gasteiger partial charge on any atom is 0.254 e. The first-order valence-electron chi connectivity index (χ1n) is 4.78. The van der Waals surface area contributed by atoms with Crippen molar-refractivity contribution in [3.63, 3.8) is 0 Å². The Morgan fingerprint density at radius 3 is 2.93 bits per heavy atom. The topological polar surface area (TPSA) is 52.8 Å². The fourth-order valence-corrected chi connectivity index (χ4v) is 1.24. The van der Waals surface area contributed by atoms with Gasteiger partial charge in [0.2, 0.25) is 5.88 Å². The summed E-state index contributed by atoms with van der Waals surface area (Å²) in [6.45, 7) is 4.41. The van der Waals surface area contributed by atoms with Crippen LogP contribution < -0.4 is 4.74 Å². The molecule has 0 fully saturated rings. The van der Waals surface area contributed by atoms with Crippen LogP contribution in [0.4, 0.5) is 0 Å². The van der Waals surface area contributed by atoms with Crippen LogP contribution in [0.3, 0.4) is 0 Å². The van der Waals surface area contributed by atoms with E-state index in [4.69, 9.17) is 4.74 Å². The lowest BCUT2D eigenvalue weighted by Gasteiger charge is -2.05. The minimum Gasteiger partial charge on any atom is -0.478 e. The molecule has 0 atom stereocenters. The number of nitrogens with zero attached hydrogens (tertiary/aromatic N) is 4. The highest BCUT2D eigenvalue weighted by Crippen LogP contribution is 2.10. The van der Waals surface area contributed by atoms with Gasteiger partial charge < -0.3 is 4.74 Å². The second kappa shape index (κ2) is 4.08. The van der Waals surface area contributed by atoms with E-state index in [1.807, 2.05) is 19.9 Å². The third-order valence-electron chi connectivity index (χ3n) is 1.82. The largest absolute Gasteiger partial charge is 0.478 e. The molecule has 0 saturated heterocycles. The number of rotatable bonds is 3. The van der Waals surface area contributed by atoms with Gasteiger partial charge in [0.25, 0.3) is 5.95 Å². The molecule has 0 saturated carbocycles. The highest BCUT2D eigenvalue weighted by Gasteiger charge is 2.04. The molecule has 5 nitrogen and oxygen atoms in total. The first-order valence-corrected chi connectivity index (χ1v) is 4.78. The Labute approximate surface area is 87.7 Å². The highest BCUT2D eigenvalue weighted by molar-refractivity contribution is 5.21. The van der Waals surface area contributed by atoms with Crippen molar-refractivity contribution in [1.29, 1.82) is 0 Å². The maximum atomic E-state index is 5.33. The van der Waals surface area contributed by atoms with Gasteiger partial charge in [-0.15, -0.1) is 0 Å². The van der Waals surface area contributed by atoms with E-state index >= 15 is 0 Å². The van der Waals surface area contributed by atoms with Gasteiger partial charge >= 0.3 is 0 Å². The summed E-state index contributed by atoms with van der Waals surface area (Å²) in [5.41, 5.74) is 0.860. The molecular weight excluding hydrogens is 192 g/mol. The van der Waals surface area contributed by atoms with Gasteiger partial charge in [-0.05, 0) is 19.9 Å². The van der Waals surface area contributed by atoms with E-state index in [-0.39, 0.29) is 0 Å². The Morgan fingerprint density at radius 2 is 2.27 bits per heavy atom. The van der Waals surface area contributed by atoms with Gasteiger partial charge in [-0.3, -0.25) is 0 Å². The van der Waals surface area contributed by atoms with Crippen LogP contribution in [-0.4, -0.2) is 26.4 Å². The number of ether oxygens (including phenoxy) is 1. The van der Waals surface area contributed by atoms with Crippen molar-refractivity contribution in [2.45, 2.75) is 13.8 Å². The zero-order valence-electron chi connectivity index (χ0n) is 8.71. The molecule has 2 aromatic rings. The summed E-state index contributed by atoms with van der Waals surface area (Å²) in [6.07, 6.45) is 3.48. The fourth-order valence-electron chi connectivity index (χ4n) is 1.24. The van der Waals surface area contributed by atoms with Crippen molar-refractivity contribution in [3.8, 4) is 11.8 Å². The normalized spacial score (nSPS) is 10.3. The molecule has 0 aliphatic rings. The van der Waals surface area contributed by atoms with Crippen LogP contribution >= 0.6 is 0 Å². The fraction of sp³-hybridized carbons (Fsp3) is 0.300. The van der Waals surface area contributed by atoms with Crippen molar-refractivity contribution >= 4 is 0 Å². The number of aryl methyl sites for hydroxylation is 1. The third kappa shape index (κ3) is 2.12. The van der Waals surface area contributed by atoms with E-state index in [1.165, 1.54) is 0 Å². The molecule has 0 bridgehead atoms. The molecule has 0 aromatic carbocycles. The Morgan fingerprint density at radius 1 is 1.40 bits per heavy atom. The molecule has 0 amide bonds. The summed E-state index contributed by atoms with van der Waals surface area (Å²) < 4.78 is 6.94. The molecule has 2 aromatic heterocycles. The lowest BCUT2D eigenvalue weighted by atomic mass is 10.4. The molecular formula is C10H12N4O. The third-order valence-corrected chi connectivity index (χ3v) is 1.82. The summed E-state index contributed by atoms with van der Waals surface area (Å²) in [5, 5.41) is 4.06. The summed E-state index contributed by atoms with van der Waals surface area (Å²) in [6, 6.07) is 3.63. The quantitative estimate of drug-likeness (QED) is 0.757. The lowest BCUT2D eigenvalue weighted by molar-refractivity contribution is 0.325. The average molecular weight is 204 g/mol. The molecule has 0 aliphatic carbocycles.